The number of nitro groups is 1. The number of non-ortho nitro benzene ring substituents is 1. The second-order valence-electron chi connectivity index (χ2n) is 5.78. The van der Waals surface area contributed by atoms with Gasteiger partial charge in [0, 0.05) is 34.5 Å². The zero-order valence-corrected chi connectivity index (χ0v) is 14.4. The van der Waals surface area contributed by atoms with Crippen LogP contribution >= 0.6 is 11.6 Å². The van der Waals surface area contributed by atoms with Gasteiger partial charge in [0.05, 0.1) is 10.5 Å². The Morgan fingerprint density at radius 3 is 2.56 bits per heavy atom. The van der Waals surface area contributed by atoms with E-state index in [2.05, 4.69) is 0 Å². The highest BCUT2D eigenvalue weighted by molar-refractivity contribution is 6.30. The molecule has 0 fully saturated rings. The molecule has 2 aromatic carbocycles. The summed E-state index contributed by atoms with van der Waals surface area (Å²) in [5.41, 5.74) is 1.28. The van der Waals surface area contributed by atoms with Gasteiger partial charge in [0.15, 0.2) is 5.78 Å². The van der Waals surface area contributed by atoms with Gasteiger partial charge in [-0.1, -0.05) is 24.9 Å². The number of carbonyl (C=O) groups excluding carboxylic acids is 1. The molecule has 0 aliphatic heterocycles. The number of ketones is 1. The van der Waals surface area contributed by atoms with Crippen molar-refractivity contribution in [2.45, 2.75) is 26.2 Å². The number of hydrogen-bond acceptors (Lipinski definition) is 4. The average molecular weight is 358 g/mol. The summed E-state index contributed by atoms with van der Waals surface area (Å²) in [6.45, 7) is 2.05. The summed E-state index contributed by atoms with van der Waals surface area (Å²) in [6, 6.07) is 10.9. The first-order valence-electron chi connectivity index (χ1n) is 8.01. The standard InChI is InChI=1S/C19H16ClNO4/c1-2-3-4-17-18(19(22)12-5-7-13(20)8-6-12)15-11-14(21(23)24)9-10-16(15)25-17/h5-11H,2-4H2,1H3. The summed E-state index contributed by atoms with van der Waals surface area (Å²) in [5, 5.41) is 12.1. The first-order valence-corrected chi connectivity index (χ1v) is 8.39. The number of aryl methyl sites for hydroxylation is 1. The van der Waals surface area contributed by atoms with Crippen molar-refractivity contribution in [1.29, 1.82) is 0 Å². The lowest BCUT2D eigenvalue weighted by molar-refractivity contribution is -0.384. The molecular formula is C19H16ClNO4. The number of unbranched alkanes of at least 4 members (excludes halogenated alkanes) is 1. The van der Waals surface area contributed by atoms with Crippen molar-refractivity contribution in [2.75, 3.05) is 0 Å². The van der Waals surface area contributed by atoms with Gasteiger partial charge in [-0.25, -0.2) is 0 Å². The fourth-order valence-electron chi connectivity index (χ4n) is 2.76. The van der Waals surface area contributed by atoms with Gasteiger partial charge in [0.25, 0.3) is 5.69 Å². The molecule has 0 unspecified atom stereocenters. The number of halogens is 1. The number of nitro benzene ring substituents is 1. The Balaban J connectivity index is 2.17. The van der Waals surface area contributed by atoms with Crippen LogP contribution in [-0.2, 0) is 6.42 Å². The van der Waals surface area contributed by atoms with Crippen molar-refractivity contribution in [3.63, 3.8) is 0 Å². The SMILES string of the molecule is CCCCc1oc2ccc([N+](=O)[O-])cc2c1C(=O)c1ccc(Cl)cc1. The van der Waals surface area contributed by atoms with Crippen LogP contribution in [0.25, 0.3) is 11.0 Å². The van der Waals surface area contributed by atoms with E-state index < -0.39 is 4.92 Å². The number of fused-ring (bicyclic) bond motifs is 1. The van der Waals surface area contributed by atoms with Crippen LogP contribution in [0.1, 0.15) is 41.4 Å². The molecule has 0 aliphatic rings. The fourth-order valence-corrected chi connectivity index (χ4v) is 2.88. The van der Waals surface area contributed by atoms with E-state index in [1.54, 1.807) is 30.3 Å². The Morgan fingerprint density at radius 2 is 1.92 bits per heavy atom. The van der Waals surface area contributed by atoms with E-state index in [1.165, 1.54) is 12.1 Å². The van der Waals surface area contributed by atoms with E-state index in [0.717, 1.165) is 12.8 Å². The van der Waals surface area contributed by atoms with Crippen molar-refractivity contribution in [3.05, 3.63) is 74.5 Å². The van der Waals surface area contributed by atoms with Crippen LogP contribution in [0.3, 0.4) is 0 Å². The summed E-state index contributed by atoms with van der Waals surface area (Å²) in [6.07, 6.45) is 2.42. The monoisotopic (exact) mass is 357 g/mol. The Labute approximate surface area is 149 Å². The first kappa shape index (κ1) is 17.2. The molecule has 0 N–H and O–H groups in total. The molecule has 25 heavy (non-hydrogen) atoms. The summed E-state index contributed by atoms with van der Waals surface area (Å²) in [5.74, 6) is 0.347. The van der Waals surface area contributed by atoms with E-state index in [4.69, 9.17) is 16.0 Å². The lowest BCUT2D eigenvalue weighted by Gasteiger charge is -2.03. The molecule has 3 aromatic rings. The molecule has 0 amide bonds. The first-order chi connectivity index (χ1) is 12.0. The van der Waals surface area contributed by atoms with Gasteiger partial charge >= 0.3 is 0 Å². The van der Waals surface area contributed by atoms with E-state index >= 15 is 0 Å². The van der Waals surface area contributed by atoms with Crippen LogP contribution in [-0.4, -0.2) is 10.7 Å². The highest BCUT2D eigenvalue weighted by Crippen LogP contribution is 2.32. The average Bonchev–Trinajstić information content (AvgIpc) is 2.97. The molecule has 1 aromatic heterocycles. The molecular weight excluding hydrogens is 342 g/mol. The lowest BCUT2D eigenvalue weighted by atomic mass is 9.98. The Hall–Kier alpha value is -2.66. The molecule has 0 aliphatic carbocycles. The van der Waals surface area contributed by atoms with Gasteiger partial charge in [-0.15, -0.1) is 0 Å². The maximum atomic E-state index is 13.0. The van der Waals surface area contributed by atoms with Crippen LogP contribution < -0.4 is 0 Å². The second kappa shape index (κ2) is 7.07. The van der Waals surface area contributed by atoms with Crippen molar-refractivity contribution in [1.82, 2.24) is 0 Å². The van der Waals surface area contributed by atoms with E-state index in [-0.39, 0.29) is 11.5 Å². The van der Waals surface area contributed by atoms with Gasteiger partial charge in [-0.2, -0.15) is 0 Å². The van der Waals surface area contributed by atoms with Gasteiger partial charge in [-0.3, -0.25) is 14.9 Å². The number of furan rings is 1. The fraction of sp³-hybridized carbons (Fsp3) is 0.211. The smallest absolute Gasteiger partial charge is 0.270 e. The highest BCUT2D eigenvalue weighted by atomic mass is 35.5. The Bertz CT molecular complexity index is 944. The van der Waals surface area contributed by atoms with Crippen molar-refractivity contribution in [3.8, 4) is 0 Å². The molecule has 3 rings (SSSR count). The van der Waals surface area contributed by atoms with Crippen LogP contribution in [0.2, 0.25) is 5.02 Å². The number of carbonyl (C=O) groups is 1. The molecule has 6 heteroatoms. The van der Waals surface area contributed by atoms with E-state index in [0.29, 0.717) is 39.3 Å². The normalized spacial score (nSPS) is 11.0. The molecule has 1 heterocycles. The minimum absolute atomic E-state index is 0.0690. The van der Waals surface area contributed by atoms with Crippen molar-refractivity contribution >= 4 is 34.0 Å². The zero-order chi connectivity index (χ0) is 18.0. The predicted molar refractivity (Wildman–Crippen MR) is 96.4 cm³/mol. The number of rotatable bonds is 6. The molecule has 0 saturated heterocycles. The second-order valence-corrected chi connectivity index (χ2v) is 6.21. The molecule has 0 atom stereocenters. The van der Waals surface area contributed by atoms with E-state index in [1.807, 2.05) is 6.92 Å². The highest BCUT2D eigenvalue weighted by Gasteiger charge is 2.23. The van der Waals surface area contributed by atoms with Crippen LogP contribution in [0, 0.1) is 10.1 Å². The van der Waals surface area contributed by atoms with Gasteiger partial charge in [0.1, 0.15) is 11.3 Å². The van der Waals surface area contributed by atoms with Crippen molar-refractivity contribution in [2.24, 2.45) is 0 Å². The quantitative estimate of drug-likeness (QED) is 0.328. The van der Waals surface area contributed by atoms with Gasteiger partial charge in [-0.05, 0) is 36.8 Å². The summed E-state index contributed by atoms with van der Waals surface area (Å²) in [7, 11) is 0. The minimum atomic E-state index is -0.477. The third kappa shape index (κ3) is 3.42. The number of hydrogen-bond donors (Lipinski definition) is 0. The molecule has 5 nitrogen and oxygen atoms in total. The van der Waals surface area contributed by atoms with Crippen LogP contribution in [0.5, 0.6) is 0 Å². The third-order valence-corrected chi connectivity index (χ3v) is 4.30. The van der Waals surface area contributed by atoms with Crippen molar-refractivity contribution < 1.29 is 14.1 Å². The zero-order valence-electron chi connectivity index (χ0n) is 13.6. The predicted octanol–water partition coefficient (Wildman–Crippen LogP) is 5.57. The minimum Gasteiger partial charge on any atom is -0.460 e. The Kier molecular flexibility index (Phi) is 4.86. The summed E-state index contributed by atoms with van der Waals surface area (Å²) in [4.78, 5) is 23.6. The van der Waals surface area contributed by atoms with Gasteiger partial charge in [0.2, 0.25) is 0 Å². The molecule has 0 saturated carbocycles. The Morgan fingerprint density at radius 1 is 1.20 bits per heavy atom. The van der Waals surface area contributed by atoms with Crippen LogP contribution in [0.4, 0.5) is 5.69 Å². The maximum absolute atomic E-state index is 13.0. The maximum Gasteiger partial charge on any atom is 0.270 e. The third-order valence-electron chi connectivity index (χ3n) is 4.05. The largest absolute Gasteiger partial charge is 0.460 e. The number of benzene rings is 2. The summed E-state index contributed by atoms with van der Waals surface area (Å²) < 4.78 is 5.83. The summed E-state index contributed by atoms with van der Waals surface area (Å²) >= 11 is 5.89. The lowest BCUT2D eigenvalue weighted by Crippen LogP contribution is -2.04. The molecule has 0 spiro atoms. The van der Waals surface area contributed by atoms with Gasteiger partial charge < -0.3 is 4.42 Å². The molecule has 128 valence electrons. The topological polar surface area (TPSA) is 73.3 Å². The van der Waals surface area contributed by atoms with Crippen LogP contribution in [0.15, 0.2) is 46.9 Å². The molecule has 0 radical (unpaired) electrons. The number of nitrogens with zero attached hydrogens (tertiary/aromatic N) is 1. The molecule has 0 bridgehead atoms. The van der Waals surface area contributed by atoms with E-state index in [9.17, 15) is 14.9 Å².